The number of nitrogens with zero attached hydrogens (tertiary/aromatic N) is 2. The highest BCUT2D eigenvalue weighted by atomic mass is 16.4. The molecular weight excluding hydrogens is 230 g/mol. The summed E-state index contributed by atoms with van der Waals surface area (Å²) < 4.78 is 1.82. The molecule has 5 heteroatoms. The lowest BCUT2D eigenvalue weighted by Crippen LogP contribution is -2.40. The first-order valence-corrected chi connectivity index (χ1v) is 6.38. The standard InChI is InChI=1S/C13H23N3O2/c1-5-13(6-2,12(17)18)9-14-8-11-10(3)7-15-16(11)4/h7,14H,5-6,8-9H2,1-4H3,(H,17,18). The van der Waals surface area contributed by atoms with E-state index in [1.54, 1.807) is 0 Å². The lowest BCUT2D eigenvalue weighted by Gasteiger charge is -2.27. The minimum Gasteiger partial charge on any atom is -0.481 e. The first-order chi connectivity index (χ1) is 8.46. The SMILES string of the molecule is CCC(CC)(CNCc1c(C)cnn1C)C(=O)O. The van der Waals surface area contributed by atoms with Gasteiger partial charge in [0.25, 0.3) is 0 Å². The van der Waals surface area contributed by atoms with Gasteiger partial charge in [-0.05, 0) is 25.3 Å². The molecule has 1 aromatic rings. The van der Waals surface area contributed by atoms with Gasteiger partial charge in [0.1, 0.15) is 0 Å². The third-order valence-electron chi connectivity index (χ3n) is 3.83. The van der Waals surface area contributed by atoms with Gasteiger partial charge >= 0.3 is 5.97 Å². The molecule has 0 amide bonds. The fraction of sp³-hybridized carbons (Fsp3) is 0.692. The van der Waals surface area contributed by atoms with Crippen molar-refractivity contribution in [3.63, 3.8) is 0 Å². The second-order valence-corrected chi connectivity index (χ2v) is 4.79. The van der Waals surface area contributed by atoms with Crippen LogP contribution >= 0.6 is 0 Å². The Morgan fingerprint density at radius 3 is 2.50 bits per heavy atom. The predicted molar refractivity (Wildman–Crippen MR) is 70.3 cm³/mol. The van der Waals surface area contributed by atoms with E-state index < -0.39 is 11.4 Å². The van der Waals surface area contributed by atoms with Gasteiger partial charge < -0.3 is 10.4 Å². The Morgan fingerprint density at radius 2 is 2.11 bits per heavy atom. The number of carboxylic acid groups (broad SMARTS) is 1. The molecule has 0 saturated heterocycles. The monoisotopic (exact) mass is 253 g/mol. The molecule has 0 aromatic carbocycles. The van der Waals surface area contributed by atoms with E-state index in [0.717, 1.165) is 11.3 Å². The molecule has 0 aliphatic rings. The summed E-state index contributed by atoms with van der Waals surface area (Å²) in [6.07, 6.45) is 3.09. The number of aromatic nitrogens is 2. The zero-order chi connectivity index (χ0) is 13.8. The second kappa shape index (κ2) is 6.00. The van der Waals surface area contributed by atoms with E-state index in [9.17, 15) is 9.90 Å². The van der Waals surface area contributed by atoms with Gasteiger partial charge in [-0.1, -0.05) is 13.8 Å². The van der Waals surface area contributed by atoms with Crippen LogP contribution in [0.15, 0.2) is 6.20 Å². The van der Waals surface area contributed by atoms with Crippen molar-refractivity contribution in [1.29, 1.82) is 0 Å². The molecule has 5 nitrogen and oxygen atoms in total. The van der Waals surface area contributed by atoms with E-state index in [2.05, 4.69) is 10.4 Å². The number of aliphatic carboxylic acids is 1. The van der Waals surface area contributed by atoms with Gasteiger partial charge in [-0.2, -0.15) is 5.10 Å². The van der Waals surface area contributed by atoms with Crippen LogP contribution in [0.2, 0.25) is 0 Å². The molecule has 0 spiro atoms. The first-order valence-electron chi connectivity index (χ1n) is 6.38. The molecule has 0 radical (unpaired) electrons. The van der Waals surface area contributed by atoms with Crippen molar-refractivity contribution < 1.29 is 9.90 Å². The van der Waals surface area contributed by atoms with Crippen LogP contribution in [0.3, 0.4) is 0 Å². The molecule has 0 fully saturated rings. The molecule has 0 saturated carbocycles. The maximum Gasteiger partial charge on any atom is 0.310 e. The summed E-state index contributed by atoms with van der Waals surface area (Å²) in [5.41, 5.74) is 1.56. The quantitative estimate of drug-likeness (QED) is 0.776. The number of nitrogens with one attached hydrogen (secondary N) is 1. The molecule has 1 aromatic heterocycles. The number of hydrogen-bond donors (Lipinski definition) is 2. The van der Waals surface area contributed by atoms with E-state index in [0.29, 0.717) is 25.9 Å². The molecule has 1 heterocycles. The highest BCUT2D eigenvalue weighted by molar-refractivity contribution is 5.74. The van der Waals surface area contributed by atoms with Gasteiger partial charge in [0, 0.05) is 20.1 Å². The number of hydrogen-bond acceptors (Lipinski definition) is 3. The molecule has 18 heavy (non-hydrogen) atoms. The molecule has 0 atom stereocenters. The molecule has 1 rings (SSSR count). The fourth-order valence-electron chi connectivity index (χ4n) is 2.12. The highest BCUT2D eigenvalue weighted by Gasteiger charge is 2.34. The minimum absolute atomic E-state index is 0.486. The number of aryl methyl sites for hydroxylation is 2. The molecular formula is C13H23N3O2. The van der Waals surface area contributed by atoms with Crippen molar-refractivity contribution in [3.8, 4) is 0 Å². The topological polar surface area (TPSA) is 67.2 Å². The third kappa shape index (κ3) is 2.90. The van der Waals surface area contributed by atoms with Gasteiger partial charge in [-0.3, -0.25) is 9.48 Å². The van der Waals surface area contributed by atoms with Gasteiger partial charge in [-0.25, -0.2) is 0 Å². The average molecular weight is 253 g/mol. The number of carboxylic acids is 1. The Bertz CT molecular complexity index is 389. The lowest BCUT2D eigenvalue weighted by atomic mass is 9.82. The molecule has 0 unspecified atom stereocenters. The van der Waals surface area contributed by atoms with Crippen LogP contribution in [0.1, 0.15) is 37.9 Å². The Kier molecular flexibility index (Phi) is 4.90. The van der Waals surface area contributed by atoms with E-state index in [1.165, 1.54) is 0 Å². The fourth-order valence-corrected chi connectivity index (χ4v) is 2.12. The molecule has 0 aliphatic heterocycles. The van der Waals surface area contributed by atoms with Crippen molar-refractivity contribution in [1.82, 2.24) is 15.1 Å². The minimum atomic E-state index is -0.721. The summed E-state index contributed by atoms with van der Waals surface area (Å²) in [7, 11) is 1.90. The van der Waals surface area contributed by atoms with Crippen LogP contribution in [-0.2, 0) is 18.4 Å². The van der Waals surface area contributed by atoms with Crippen LogP contribution in [0.5, 0.6) is 0 Å². The van der Waals surface area contributed by atoms with Crippen molar-refractivity contribution in [3.05, 3.63) is 17.5 Å². The van der Waals surface area contributed by atoms with Crippen molar-refractivity contribution in [2.24, 2.45) is 12.5 Å². The Labute approximate surface area is 108 Å². The highest BCUT2D eigenvalue weighted by Crippen LogP contribution is 2.25. The predicted octanol–water partition coefficient (Wildman–Crippen LogP) is 1.71. The summed E-state index contributed by atoms with van der Waals surface area (Å²) in [4.78, 5) is 11.4. The maximum absolute atomic E-state index is 11.4. The van der Waals surface area contributed by atoms with Crippen molar-refractivity contribution in [2.75, 3.05) is 6.54 Å². The Hall–Kier alpha value is -1.36. The van der Waals surface area contributed by atoms with Gasteiger partial charge in [-0.15, -0.1) is 0 Å². The molecule has 2 N–H and O–H groups in total. The average Bonchev–Trinajstić information content (AvgIpc) is 2.66. The zero-order valence-corrected chi connectivity index (χ0v) is 11.7. The number of carbonyl (C=O) groups is 1. The molecule has 0 bridgehead atoms. The normalized spacial score (nSPS) is 11.8. The van der Waals surface area contributed by atoms with Gasteiger partial charge in [0.2, 0.25) is 0 Å². The molecule has 0 aliphatic carbocycles. The summed E-state index contributed by atoms with van der Waals surface area (Å²) in [6, 6.07) is 0. The summed E-state index contributed by atoms with van der Waals surface area (Å²) in [6.45, 7) is 6.99. The second-order valence-electron chi connectivity index (χ2n) is 4.79. The van der Waals surface area contributed by atoms with Gasteiger partial charge in [0.15, 0.2) is 0 Å². The first kappa shape index (κ1) is 14.7. The van der Waals surface area contributed by atoms with Crippen LogP contribution in [-0.4, -0.2) is 27.4 Å². The van der Waals surface area contributed by atoms with E-state index in [-0.39, 0.29) is 0 Å². The maximum atomic E-state index is 11.4. The zero-order valence-electron chi connectivity index (χ0n) is 11.7. The van der Waals surface area contributed by atoms with E-state index in [1.807, 2.05) is 38.7 Å². The van der Waals surface area contributed by atoms with E-state index >= 15 is 0 Å². The van der Waals surface area contributed by atoms with Crippen molar-refractivity contribution >= 4 is 5.97 Å². The summed E-state index contributed by atoms with van der Waals surface area (Å²) >= 11 is 0. The Morgan fingerprint density at radius 1 is 1.50 bits per heavy atom. The van der Waals surface area contributed by atoms with Crippen LogP contribution < -0.4 is 5.32 Å². The van der Waals surface area contributed by atoms with Gasteiger partial charge in [0.05, 0.1) is 17.3 Å². The summed E-state index contributed by atoms with van der Waals surface area (Å²) in [5.74, 6) is -0.721. The van der Waals surface area contributed by atoms with Crippen molar-refractivity contribution in [2.45, 2.75) is 40.2 Å². The lowest BCUT2D eigenvalue weighted by molar-refractivity contribution is -0.149. The van der Waals surface area contributed by atoms with Crippen LogP contribution in [0.25, 0.3) is 0 Å². The van der Waals surface area contributed by atoms with E-state index in [4.69, 9.17) is 0 Å². The smallest absolute Gasteiger partial charge is 0.310 e. The summed E-state index contributed by atoms with van der Waals surface area (Å²) in [5, 5.41) is 16.8. The van der Waals surface area contributed by atoms with Crippen LogP contribution in [0.4, 0.5) is 0 Å². The largest absolute Gasteiger partial charge is 0.481 e. The third-order valence-corrected chi connectivity index (χ3v) is 3.83. The molecule has 102 valence electrons. The number of rotatable bonds is 7. The Balaban J connectivity index is 2.62. The van der Waals surface area contributed by atoms with Crippen LogP contribution in [0, 0.1) is 12.3 Å².